The molecule has 0 radical (unpaired) electrons. The van der Waals surface area contributed by atoms with Crippen LogP contribution in [-0.2, 0) is 14.8 Å². The minimum atomic E-state index is -3.61. The summed E-state index contributed by atoms with van der Waals surface area (Å²) in [5.41, 5.74) is 1.10. The number of amides is 1. The van der Waals surface area contributed by atoms with Gasteiger partial charge in [-0.25, -0.2) is 13.1 Å². The Hall–Kier alpha value is -1.87. The Morgan fingerprint density at radius 2 is 1.80 bits per heavy atom. The number of thioether (sulfide) groups is 1. The van der Waals surface area contributed by atoms with Crippen LogP contribution in [0.1, 0.15) is 10.4 Å². The van der Waals surface area contributed by atoms with Gasteiger partial charge in [0, 0.05) is 24.1 Å². The Kier molecular flexibility index (Phi) is 7.01. The zero-order valence-corrected chi connectivity index (χ0v) is 15.6. The first-order valence-electron chi connectivity index (χ1n) is 7.51. The molecule has 0 saturated heterocycles. The van der Waals surface area contributed by atoms with Crippen molar-refractivity contribution in [2.75, 3.05) is 31.8 Å². The van der Waals surface area contributed by atoms with Crippen LogP contribution in [0.3, 0.4) is 0 Å². The molecule has 2 rings (SSSR count). The van der Waals surface area contributed by atoms with Gasteiger partial charge in [0.05, 0.1) is 17.2 Å². The average molecular weight is 380 g/mol. The molecule has 6 nitrogen and oxygen atoms in total. The van der Waals surface area contributed by atoms with Crippen LogP contribution in [-0.4, -0.2) is 40.8 Å². The predicted molar refractivity (Wildman–Crippen MR) is 99.7 cm³/mol. The molecule has 2 aromatic rings. The van der Waals surface area contributed by atoms with Crippen molar-refractivity contribution in [3.8, 4) is 0 Å². The van der Waals surface area contributed by atoms with E-state index in [0.29, 0.717) is 5.56 Å². The number of sulfonamides is 1. The molecule has 0 aliphatic heterocycles. The maximum absolute atomic E-state index is 12.4. The molecule has 0 atom stereocenters. The van der Waals surface area contributed by atoms with Crippen LogP contribution >= 0.6 is 11.8 Å². The summed E-state index contributed by atoms with van der Waals surface area (Å²) in [5, 5.41) is 2.84. The molecule has 0 heterocycles. The maximum Gasteiger partial charge on any atom is 0.255 e. The van der Waals surface area contributed by atoms with Crippen molar-refractivity contribution in [1.29, 1.82) is 0 Å². The smallest absolute Gasteiger partial charge is 0.255 e. The van der Waals surface area contributed by atoms with Gasteiger partial charge in [-0.1, -0.05) is 12.1 Å². The van der Waals surface area contributed by atoms with Crippen LogP contribution in [0.2, 0.25) is 0 Å². The van der Waals surface area contributed by atoms with Crippen molar-refractivity contribution in [1.82, 2.24) is 4.72 Å². The van der Waals surface area contributed by atoms with Crippen molar-refractivity contribution in [3.63, 3.8) is 0 Å². The third kappa shape index (κ3) is 5.30. The van der Waals surface area contributed by atoms with Crippen LogP contribution < -0.4 is 10.0 Å². The third-order valence-corrected chi connectivity index (χ3v) is 5.65. The summed E-state index contributed by atoms with van der Waals surface area (Å²) in [5.74, 6) is -0.294. The molecule has 0 saturated carbocycles. The largest absolute Gasteiger partial charge is 0.383 e. The van der Waals surface area contributed by atoms with E-state index in [2.05, 4.69) is 10.0 Å². The van der Waals surface area contributed by atoms with Gasteiger partial charge in [0.25, 0.3) is 5.91 Å². The van der Waals surface area contributed by atoms with Gasteiger partial charge in [-0.2, -0.15) is 0 Å². The van der Waals surface area contributed by atoms with Gasteiger partial charge in [-0.15, -0.1) is 11.8 Å². The molecule has 0 aromatic heterocycles. The molecule has 0 unspecified atom stereocenters. The van der Waals surface area contributed by atoms with Crippen LogP contribution in [0.4, 0.5) is 5.69 Å². The van der Waals surface area contributed by atoms with E-state index in [1.165, 1.54) is 43.1 Å². The topological polar surface area (TPSA) is 84.5 Å². The zero-order valence-electron chi connectivity index (χ0n) is 14.0. The normalized spacial score (nSPS) is 11.3. The number of hydrogen-bond acceptors (Lipinski definition) is 5. The molecule has 0 bridgehead atoms. The molecular formula is C17H20N2O4S2. The summed E-state index contributed by atoms with van der Waals surface area (Å²) < 4.78 is 31.4. The molecule has 0 aliphatic rings. The fraction of sp³-hybridized carbons (Fsp3) is 0.235. The van der Waals surface area contributed by atoms with Gasteiger partial charge in [0.2, 0.25) is 10.0 Å². The van der Waals surface area contributed by atoms with Crippen molar-refractivity contribution < 1.29 is 17.9 Å². The Labute approximate surface area is 152 Å². The van der Waals surface area contributed by atoms with Crippen molar-refractivity contribution in [3.05, 3.63) is 54.1 Å². The standard InChI is InChI=1S/C17H20N2O4S2/c1-23-12-11-18-25(21,22)14-9-7-13(8-10-14)17(20)19-15-5-3-4-6-16(15)24-2/h3-10,18H,11-12H2,1-2H3,(H,19,20). The number of carbonyl (C=O) groups is 1. The zero-order chi connectivity index (χ0) is 18.3. The summed E-state index contributed by atoms with van der Waals surface area (Å²) in [7, 11) is -2.11. The van der Waals surface area contributed by atoms with E-state index in [4.69, 9.17) is 4.74 Å². The summed E-state index contributed by atoms with van der Waals surface area (Å²) in [6, 6.07) is 13.3. The monoisotopic (exact) mass is 380 g/mol. The van der Waals surface area contributed by atoms with Gasteiger partial charge in [0.15, 0.2) is 0 Å². The number of nitrogens with one attached hydrogen (secondary N) is 2. The molecule has 8 heteroatoms. The number of methoxy groups -OCH3 is 1. The molecule has 1 amide bonds. The minimum absolute atomic E-state index is 0.102. The first kappa shape index (κ1) is 19.5. The average Bonchev–Trinajstić information content (AvgIpc) is 2.62. The van der Waals surface area contributed by atoms with E-state index in [1.807, 2.05) is 30.5 Å². The summed E-state index contributed by atoms with van der Waals surface area (Å²) >= 11 is 1.54. The van der Waals surface area contributed by atoms with Crippen LogP contribution in [0.25, 0.3) is 0 Å². The van der Waals surface area contributed by atoms with Crippen molar-refractivity contribution in [2.24, 2.45) is 0 Å². The van der Waals surface area contributed by atoms with Gasteiger partial charge in [0.1, 0.15) is 0 Å². The predicted octanol–water partition coefficient (Wildman–Crippen LogP) is 2.59. The van der Waals surface area contributed by atoms with Gasteiger partial charge in [-0.05, 0) is 42.7 Å². The molecule has 0 aliphatic carbocycles. The Balaban J connectivity index is 2.10. The molecule has 134 valence electrons. The second-order valence-electron chi connectivity index (χ2n) is 5.07. The van der Waals surface area contributed by atoms with Crippen molar-refractivity contribution >= 4 is 33.4 Å². The number of carbonyl (C=O) groups excluding carboxylic acids is 1. The number of para-hydroxylation sites is 1. The van der Waals surface area contributed by atoms with Crippen molar-refractivity contribution in [2.45, 2.75) is 9.79 Å². The minimum Gasteiger partial charge on any atom is -0.383 e. The van der Waals surface area contributed by atoms with E-state index < -0.39 is 10.0 Å². The summed E-state index contributed by atoms with van der Waals surface area (Å²) in [4.78, 5) is 13.4. The molecule has 25 heavy (non-hydrogen) atoms. The van der Waals surface area contributed by atoms with Crippen LogP contribution in [0.15, 0.2) is 58.3 Å². The number of ether oxygens (including phenoxy) is 1. The fourth-order valence-electron chi connectivity index (χ4n) is 2.09. The van der Waals surface area contributed by atoms with Gasteiger partial charge < -0.3 is 10.1 Å². The Bertz CT molecular complexity index is 821. The molecule has 0 spiro atoms. The lowest BCUT2D eigenvalue weighted by atomic mass is 10.2. The Morgan fingerprint density at radius 3 is 2.44 bits per heavy atom. The number of anilines is 1. The lowest BCUT2D eigenvalue weighted by Crippen LogP contribution is -2.27. The maximum atomic E-state index is 12.4. The lowest BCUT2D eigenvalue weighted by Gasteiger charge is -2.10. The lowest BCUT2D eigenvalue weighted by molar-refractivity contribution is 0.102. The quantitative estimate of drug-likeness (QED) is 0.543. The number of benzene rings is 2. The second kappa shape index (κ2) is 9.00. The third-order valence-electron chi connectivity index (χ3n) is 3.38. The first-order chi connectivity index (χ1) is 12.0. The fourth-order valence-corrected chi connectivity index (χ4v) is 3.66. The molecule has 0 fully saturated rings. The van der Waals surface area contributed by atoms with E-state index in [9.17, 15) is 13.2 Å². The highest BCUT2D eigenvalue weighted by Crippen LogP contribution is 2.25. The van der Waals surface area contributed by atoms with E-state index in [1.54, 1.807) is 0 Å². The highest BCUT2D eigenvalue weighted by Gasteiger charge is 2.15. The Morgan fingerprint density at radius 1 is 1.12 bits per heavy atom. The second-order valence-corrected chi connectivity index (χ2v) is 7.68. The molecular weight excluding hydrogens is 360 g/mol. The van der Waals surface area contributed by atoms with Gasteiger partial charge >= 0.3 is 0 Å². The molecule has 2 aromatic carbocycles. The number of hydrogen-bond donors (Lipinski definition) is 2. The number of rotatable bonds is 8. The van der Waals surface area contributed by atoms with Gasteiger partial charge in [-0.3, -0.25) is 4.79 Å². The highest BCUT2D eigenvalue weighted by molar-refractivity contribution is 7.98. The van der Waals surface area contributed by atoms with Crippen LogP contribution in [0.5, 0.6) is 0 Å². The summed E-state index contributed by atoms with van der Waals surface area (Å²) in [6.45, 7) is 0.473. The van der Waals surface area contributed by atoms with E-state index >= 15 is 0 Å². The highest BCUT2D eigenvalue weighted by atomic mass is 32.2. The van der Waals surface area contributed by atoms with E-state index in [0.717, 1.165) is 10.6 Å². The van der Waals surface area contributed by atoms with E-state index in [-0.39, 0.29) is 24.0 Å². The summed E-state index contributed by atoms with van der Waals surface area (Å²) in [6.07, 6.45) is 1.93. The SMILES string of the molecule is COCCNS(=O)(=O)c1ccc(C(=O)Nc2ccccc2SC)cc1. The molecule has 2 N–H and O–H groups in total. The van der Waals surface area contributed by atoms with Crippen LogP contribution in [0, 0.1) is 0 Å². The first-order valence-corrected chi connectivity index (χ1v) is 10.2.